The Labute approximate surface area is 144 Å². The van der Waals surface area contributed by atoms with E-state index in [-0.39, 0.29) is 17.9 Å². The van der Waals surface area contributed by atoms with Gasteiger partial charge in [-0.05, 0) is 30.4 Å². The van der Waals surface area contributed by atoms with Crippen molar-refractivity contribution in [1.82, 2.24) is 14.9 Å². The number of nitrogens with zero attached hydrogens (tertiary/aromatic N) is 3. The molecule has 0 saturated heterocycles. The van der Waals surface area contributed by atoms with Crippen LogP contribution in [-0.2, 0) is 11.2 Å². The van der Waals surface area contributed by atoms with Crippen molar-refractivity contribution in [3.63, 3.8) is 0 Å². The predicted molar refractivity (Wildman–Crippen MR) is 91.8 cm³/mol. The molecule has 0 unspecified atom stereocenters. The number of amides is 1. The van der Waals surface area contributed by atoms with Gasteiger partial charge in [0.1, 0.15) is 0 Å². The molecule has 3 heterocycles. The molecule has 1 amide bonds. The van der Waals surface area contributed by atoms with Gasteiger partial charge in [-0.3, -0.25) is 15.0 Å². The van der Waals surface area contributed by atoms with Crippen LogP contribution in [0.15, 0.2) is 17.5 Å². The molecule has 1 aliphatic rings. The van der Waals surface area contributed by atoms with Crippen molar-refractivity contribution in [3.05, 3.63) is 28.0 Å². The standard InChI is InChI=1S/C16H20N4O3S/c1-10-11-5-7-24-12(11)4-6-20(10)9-13(21)17-16-18-14(22-2)8-15(19-16)23-3/h5,7-8,10H,4,6,9H2,1-3H3,(H,17,18,19,21)/t10-/m1/s1. The second-order valence-corrected chi connectivity index (χ2v) is 6.52. The van der Waals surface area contributed by atoms with Crippen LogP contribution in [0.2, 0.25) is 0 Å². The first-order valence-electron chi connectivity index (χ1n) is 7.68. The van der Waals surface area contributed by atoms with Gasteiger partial charge in [0.2, 0.25) is 23.6 Å². The summed E-state index contributed by atoms with van der Waals surface area (Å²) in [6.45, 7) is 3.28. The maximum absolute atomic E-state index is 12.4. The Morgan fingerprint density at radius 3 is 2.75 bits per heavy atom. The van der Waals surface area contributed by atoms with Gasteiger partial charge >= 0.3 is 0 Å². The van der Waals surface area contributed by atoms with Gasteiger partial charge < -0.3 is 9.47 Å². The molecule has 0 aliphatic carbocycles. The largest absolute Gasteiger partial charge is 0.481 e. The number of methoxy groups -OCH3 is 2. The van der Waals surface area contributed by atoms with Crippen LogP contribution in [0.1, 0.15) is 23.4 Å². The van der Waals surface area contributed by atoms with E-state index in [0.29, 0.717) is 18.3 Å². The first-order valence-corrected chi connectivity index (χ1v) is 8.56. The number of nitrogens with one attached hydrogen (secondary N) is 1. The maximum Gasteiger partial charge on any atom is 0.240 e. The molecule has 0 spiro atoms. The summed E-state index contributed by atoms with van der Waals surface area (Å²) in [5.74, 6) is 0.700. The normalized spacial score (nSPS) is 17.2. The molecule has 3 rings (SSSR count). The van der Waals surface area contributed by atoms with Crippen LogP contribution in [0.4, 0.5) is 5.95 Å². The second kappa shape index (κ2) is 7.14. The lowest BCUT2D eigenvalue weighted by molar-refractivity contribution is -0.118. The highest BCUT2D eigenvalue weighted by Crippen LogP contribution is 2.32. The number of aromatic nitrogens is 2. The third-order valence-electron chi connectivity index (χ3n) is 4.10. The van der Waals surface area contributed by atoms with E-state index >= 15 is 0 Å². The maximum atomic E-state index is 12.4. The van der Waals surface area contributed by atoms with Crippen molar-refractivity contribution in [2.75, 3.05) is 32.6 Å². The smallest absolute Gasteiger partial charge is 0.240 e. The van der Waals surface area contributed by atoms with Crippen LogP contribution in [-0.4, -0.2) is 48.1 Å². The van der Waals surface area contributed by atoms with Crippen molar-refractivity contribution in [2.45, 2.75) is 19.4 Å². The molecular formula is C16H20N4O3S. The minimum Gasteiger partial charge on any atom is -0.481 e. The highest BCUT2D eigenvalue weighted by atomic mass is 32.1. The molecule has 8 heteroatoms. The summed E-state index contributed by atoms with van der Waals surface area (Å²) < 4.78 is 10.2. The highest BCUT2D eigenvalue weighted by molar-refractivity contribution is 7.10. The predicted octanol–water partition coefficient (Wildman–Crippen LogP) is 2.11. The summed E-state index contributed by atoms with van der Waals surface area (Å²) in [6.07, 6.45) is 0.980. The fourth-order valence-electron chi connectivity index (χ4n) is 2.80. The van der Waals surface area contributed by atoms with E-state index in [0.717, 1.165) is 13.0 Å². The summed E-state index contributed by atoms with van der Waals surface area (Å²) in [4.78, 5) is 24.2. The van der Waals surface area contributed by atoms with E-state index in [1.54, 1.807) is 17.4 Å². The van der Waals surface area contributed by atoms with Crippen LogP contribution < -0.4 is 14.8 Å². The number of thiophene rings is 1. The van der Waals surface area contributed by atoms with Crippen molar-refractivity contribution in [2.24, 2.45) is 0 Å². The molecule has 24 heavy (non-hydrogen) atoms. The van der Waals surface area contributed by atoms with Gasteiger partial charge in [-0.1, -0.05) is 0 Å². The van der Waals surface area contributed by atoms with Gasteiger partial charge in [0.15, 0.2) is 0 Å². The lowest BCUT2D eigenvalue weighted by atomic mass is 10.0. The molecule has 1 atom stereocenters. The number of ether oxygens (including phenoxy) is 2. The first kappa shape index (κ1) is 16.7. The summed E-state index contributed by atoms with van der Waals surface area (Å²) in [5.41, 5.74) is 1.32. The van der Waals surface area contributed by atoms with Gasteiger partial charge in [0, 0.05) is 17.5 Å². The molecule has 0 saturated carbocycles. The molecule has 7 nitrogen and oxygen atoms in total. The number of carbonyl (C=O) groups excluding carboxylic acids is 1. The number of fused-ring (bicyclic) bond motifs is 1. The Bertz CT molecular complexity index is 712. The molecule has 2 aromatic rings. The third kappa shape index (κ3) is 3.49. The van der Waals surface area contributed by atoms with Crippen LogP contribution >= 0.6 is 11.3 Å². The number of hydrogen-bond donors (Lipinski definition) is 1. The van der Waals surface area contributed by atoms with Crippen molar-refractivity contribution in [3.8, 4) is 11.8 Å². The molecule has 2 aromatic heterocycles. The molecule has 0 radical (unpaired) electrons. The van der Waals surface area contributed by atoms with E-state index < -0.39 is 0 Å². The third-order valence-corrected chi connectivity index (χ3v) is 5.10. The van der Waals surface area contributed by atoms with Crippen molar-refractivity contribution in [1.29, 1.82) is 0 Å². The molecule has 0 aromatic carbocycles. The van der Waals surface area contributed by atoms with Gasteiger partial charge in [-0.2, -0.15) is 9.97 Å². The zero-order valence-electron chi connectivity index (χ0n) is 13.9. The van der Waals surface area contributed by atoms with Crippen molar-refractivity contribution < 1.29 is 14.3 Å². The monoisotopic (exact) mass is 348 g/mol. The Morgan fingerprint density at radius 1 is 1.38 bits per heavy atom. The number of rotatable bonds is 5. The fraction of sp³-hybridized carbons (Fsp3) is 0.438. The lowest BCUT2D eigenvalue weighted by Crippen LogP contribution is -2.39. The van der Waals surface area contributed by atoms with E-state index in [2.05, 4.69) is 38.6 Å². The Balaban J connectivity index is 1.66. The SMILES string of the molecule is COc1cc(OC)nc(NC(=O)CN2CCc3sccc3[C@H]2C)n1. The zero-order valence-corrected chi connectivity index (χ0v) is 14.7. The number of carbonyl (C=O) groups is 1. The van der Waals surface area contributed by atoms with E-state index in [1.807, 2.05) is 0 Å². The lowest BCUT2D eigenvalue weighted by Gasteiger charge is -2.32. The summed E-state index contributed by atoms with van der Waals surface area (Å²) >= 11 is 1.79. The van der Waals surface area contributed by atoms with E-state index in [9.17, 15) is 4.79 Å². The summed E-state index contributed by atoms with van der Waals surface area (Å²) in [7, 11) is 3.00. The quantitative estimate of drug-likeness (QED) is 0.892. The zero-order chi connectivity index (χ0) is 17.1. The number of hydrogen-bond acceptors (Lipinski definition) is 7. The molecule has 128 valence electrons. The first-order chi connectivity index (χ1) is 11.6. The summed E-state index contributed by atoms with van der Waals surface area (Å²) in [6, 6.07) is 3.93. The molecule has 0 fully saturated rings. The minimum atomic E-state index is -0.157. The molecular weight excluding hydrogens is 328 g/mol. The number of anilines is 1. The van der Waals surface area contributed by atoms with Crippen LogP contribution in [0.3, 0.4) is 0 Å². The van der Waals surface area contributed by atoms with Gasteiger partial charge in [-0.25, -0.2) is 0 Å². The average molecular weight is 348 g/mol. The summed E-state index contributed by atoms with van der Waals surface area (Å²) in [5, 5.41) is 4.83. The fourth-order valence-corrected chi connectivity index (χ4v) is 3.76. The van der Waals surface area contributed by atoms with E-state index in [1.165, 1.54) is 24.7 Å². The topological polar surface area (TPSA) is 76.6 Å². The Hall–Kier alpha value is -2.19. The second-order valence-electron chi connectivity index (χ2n) is 5.52. The molecule has 1 N–H and O–H groups in total. The van der Waals surface area contributed by atoms with E-state index in [4.69, 9.17) is 9.47 Å². The molecule has 1 aliphatic heterocycles. The Morgan fingerprint density at radius 2 is 2.08 bits per heavy atom. The molecule has 0 bridgehead atoms. The van der Waals surface area contributed by atoms with Crippen LogP contribution in [0.25, 0.3) is 0 Å². The van der Waals surface area contributed by atoms with Crippen LogP contribution in [0.5, 0.6) is 11.8 Å². The highest BCUT2D eigenvalue weighted by Gasteiger charge is 2.26. The minimum absolute atomic E-state index is 0.157. The van der Waals surface area contributed by atoms with Gasteiger partial charge in [0.05, 0.1) is 26.8 Å². The van der Waals surface area contributed by atoms with Crippen LogP contribution in [0, 0.1) is 0 Å². The Kier molecular flexibility index (Phi) is 4.96. The average Bonchev–Trinajstić information content (AvgIpc) is 3.06. The van der Waals surface area contributed by atoms with Gasteiger partial charge in [-0.15, -0.1) is 11.3 Å². The van der Waals surface area contributed by atoms with Crippen molar-refractivity contribution >= 4 is 23.2 Å². The van der Waals surface area contributed by atoms with Gasteiger partial charge in [0.25, 0.3) is 0 Å².